The zero-order chi connectivity index (χ0) is 15.1. The summed E-state index contributed by atoms with van der Waals surface area (Å²) in [4.78, 5) is 45.5. The first-order chi connectivity index (χ1) is 9.47. The van der Waals surface area contributed by atoms with Gasteiger partial charge in [-0.15, -0.1) is 0 Å². The molecule has 8 nitrogen and oxygen atoms in total. The van der Waals surface area contributed by atoms with E-state index in [0.29, 0.717) is 6.42 Å². The van der Waals surface area contributed by atoms with Gasteiger partial charge in [0.25, 0.3) is 0 Å². The number of nitrogens with one attached hydrogen (secondary N) is 2. The van der Waals surface area contributed by atoms with Crippen LogP contribution in [0, 0.1) is 0 Å². The number of esters is 2. The second-order valence-electron chi connectivity index (χ2n) is 4.36. The van der Waals surface area contributed by atoms with Gasteiger partial charge in [-0.25, -0.2) is 4.79 Å². The molecule has 2 N–H and O–H groups in total. The smallest absolute Gasteiger partial charge is 0.328 e. The van der Waals surface area contributed by atoms with Crippen molar-refractivity contribution in [1.82, 2.24) is 10.6 Å². The SMILES string of the molecule is COC(=O)CC[C@@H](NC(=O)[C@@H]1CCC(=O)N1)C(=O)OC. The minimum absolute atomic E-state index is 0.0203. The second-order valence-corrected chi connectivity index (χ2v) is 4.36. The third kappa shape index (κ3) is 4.52. The highest BCUT2D eigenvalue weighted by atomic mass is 16.5. The molecule has 0 spiro atoms. The number of carbonyl (C=O) groups is 4. The maximum absolute atomic E-state index is 11.9. The van der Waals surface area contributed by atoms with Crippen LogP contribution in [0.5, 0.6) is 0 Å². The summed E-state index contributed by atoms with van der Waals surface area (Å²) in [6.45, 7) is 0. The topological polar surface area (TPSA) is 111 Å². The van der Waals surface area contributed by atoms with Crippen LogP contribution in [0.1, 0.15) is 25.7 Å². The van der Waals surface area contributed by atoms with Crippen molar-refractivity contribution in [2.45, 2.75) is 37.8 Å². The maximum Gasteiger partial charge on any atom is 0.328 e. The van der Waals surface area contributed by atoms with Crippen LogP contribution in [0.4, 0.5) is 0 Å². The molecule has 0 aliphatic carbocycles. The molecule has 8 heteroatoms. The number of carbonyl (C=O) groups excluding carboxylic acids is 4. The molecule has 112 valence electrons. The molecule has 1 aliphatic rings. The average molecular weight is 286 g/mol. The normalized spacial score (nSPS) is 18.9. The predicted molar refractivity (Wildman–Crippen MR) is 66.4 cm³/mol. The Morgan fingerprint density at radius 3 is 2.55 bits per heavy atom. The summed E-state index contributed by atoms with van der Waals surface area (Å²) in [6.07, 6.45) is 0.720. The molecule has 1 heterocycles. The van der Waals surface area contributed by atoms with E-state index in [1.54, 1.807) is 0 Å². The molecule has 0 radical (unpaired) electrons. The lowest BCUT2D eigenvalue weighted by atomic mass is 10.1. The minimum atomic E-state index is -0.941. The number of methoxy groups -OCH3 is 2. The van der Waals surface area contributed by atoms with Gasteiger partial charge < -0.3 is 20.1 Å². The van der Waals surface area contributed by atoms with Gasteiger partial charge in [0.1, 0.15) is 12.1 Å². The molecule has 1 aliphatic heterocycles. The summed E-state index contributed by atoms with van der Waals surface area (Å²) in [5, 5.41) is 4.97. The van der Waals surface area contributed by atoms with Crippen molar-refractivity contribution in [2.75, 3.05) is 14.2 Å². The number of rotatable bonds is 6. The van der Waals surface area contributed by atoms with Crippen molar-refractivity contribution < 1.29 is 28.7 Å². The zero-order valence-electron chi connectivity index (χ0n) is 11.4. The monoisotopic (exact) mass is 286 g/mol. The number of hydrogen-bond acceptors (Lipinski definition) is 6. The van der Waals surface area contributed by atoms with E-state index in [2.05, 4.69) is 20.1 Å². The van der Waals surface area contributed by atoms with Crippen LogP contribution >= 0.6 is 0 Å². The summed E-state index contributed by atoms with van der Waals surface area (Å²) in [5.74, 6) is -1.79. The van der Waals surface area contributed by atoms with Crippen LogP contribution in [0.25, 0.3) is 0 Å². The van der Waals surface area contributed by atoms with Gasteiger partial charge in [0, 0.05) is 12.8 Å². The van der Waals surface area contributed by atoms with Gasteiger partial charge >= 0.3 is 11.9 Å². The Balaban J connectivity index is 2.55. The summed E-state index contributed by atoms with van der Waals surface area (Å²) < 4.78 is 9.04. The highest BCUT2D eigenvalue weighted by molar-refractivity contribution is 5.93. The maximum atomic E-state index is 11.9. The standard InChI is InChI=1S/C12H18N2O6/c1-19-10(16)6-4-8(12(18)20-2)14-11(17)7-3-5-9(15)13-7/h7-8H,3-6H2,1-2H3,(H,13,15)(H,14,17)/t7-,8+/m0/s1. The quantitative estimate of drug-likeness (QED) is 0.598. The molecule has 1 saturated heterocycles. The van der Waals surface area contributed by atoms with Crippen LogP contribution in [-0.2, 0) is 28.7 Å². The van der Waals surface area contributed by atoms with Crippen molar-refractivity contribution >= 4 is 23.8 Å². The van der Waals surface area contributed by atoms with Gasteiger partial charge in [0.2, 0.25) is 11.8 Å². The lowest BCUT2D eigenvalue weighted by molar-refractivity contribution is -0.146. The van der Waals surface area contributed by atoms with Gasteiger partial charge in [-0.1, -0.05) is 0 Å². The molecule has 0 saturated carbocycles. The van der Waals surface area contributed by atoms with E-state index in [1.807, 2.05) is 0 Å². The van der Waals surface area contributed by atoms with Crippen molar-refractivity contribution in [3.63, 3.8) is 0 Å². The van der Waals surface area contributed by atoms with Gasteiger partial charge in [0.05, 0.1) is 14.2 Å². The highest BCUT2D eigenvalue weighted by Crippen LogP contribution is 2.08. The fraction of sp³-hybridized carbons (Fsp3) is 0.667. The number of ether oxygens (including phenoxy) is 2. The Morgan fingerprint density at radius 2 is 2.05 bits per heavy atom. The van der Waals surface area contributed by atoms with E-state index in [0.717, 1.165) is 0 Å². The molecule has 2 amide bonds. The van der Waals surface area contributed by atoms with Crippen LogP contribution < -0.4 is 10.6 Å². The first kappa shape index (κ1) is 15.9. The second kappa shape index (κ2) is 7.46. The molecule has 0 bridgehead atoms. The Bertz CT molecular complexity index is 409. The third-order valence-corrected chi connectivity index (χ3v) is 2.98. The summed E-state index contributed by atoms with van der Waals surface area (Å²) in [5.41, 5.74) is 0. The summed E-state index contributed by atoms with van der Waals surface area (Å²) in [7, 11) is 2.43. The average Bonchev–Trinajstić information content (AvgIpc) is 2.88. The van der Waals surface area contributed by atoms with E-state index in [9.17, 15) is 19.2 Å². The van der Waals surface area contributed by atoms with E-state index in [1.165, 1.54) is 14.2 Å². The summed E-state index contributed by atoms with van der Waals surface area (Å²) in [6, 6.07) is -1.59. The van der Waals surface area contributed by atoms with Crippen LogP contribution in [0.15, 0.2) is 0 Å². The van der Waals surface area contributed by atoms with E-state index in [4.69, 9.17) is 0 Å². The Hall–Kier alpha value is -2.12. The summed E-state index contributed by atoms with van der Waals surface area (Å²) >= 11 is 0. The molecule has 0 unspecified atom stereocenters. The van der Waals surface area contributed by atoms with Crippen molar-refractivity contribution in [2.24, 2.45) is 0 Å². The molecule has 0 aromatic heterocycles. The number of amides is 2. The Labute approximate surface area is 116 Å². The van der Waals surface area contributed by atoms with Crippen molar-refractivity contribution in [3.8, 4) is 0 Å². The fourth-order valence-corrected chi connectivity index (χ4v) is 1.84. The van der Waals surface area contributed by atoms with Crippen LogP contribution in [0.2, 0.25) is 0 Å². The van der Waals surface area contributed by atoms with Crippen LogP contribution in [-0.4, -0.2) is 50.1 Å². The number of hydrogen-bond donors (Lipinski definition) is 2. The lowest BCUT2D eigenvalue weighted by Gasteiger charge is -2.18. The fourth-order valence-electron chi connectivity index (χ4n) is 1.84. The zero-order valence-corrected chi connectivity index (χ0v) is 11.4. The molecular formula is C12H18N2O6. The van der Waals surface area contributed by atoms with Crippen molar-refractivity contribution in [1.29, 1.82) is 0 Å². The minimum Gasteiger partial charge on any atom is -0.469 e. The molecule has 2 atom stereocenters. The molecule has 1 rings (SSSR count). The van der Waals surface area contributed by atoms with Gasteiger partial charge in [0.15, 0.2) is 0 Å². The first-order valence-corrected chi connectivity index (χ1v) is 6.22. The van der Waals surface area contributed by atoms with Crippen molar-refractivity contribution in [3.05, 3.63) is 0 Å². The van der Waals surface area contributed by atoms with Gasteiger partial charge in [-0.2, -0.15) is 0 Å². The predicted octanol–water partition coefficient (Wildman–Crippen LogP) is -1.12. The molecule has 0 aromatic carbocycles. The Kier molecular flexibility index (Phi) is 5.95. The van der Waals surface area contributed by atoms with E-state index >= 15 is 0 Å². The van der Waals surface area contributed by atoms with Crippen LogP contribution in [0.3, 0.4) is 0 Å². The third-order valence-electron chi connectivity index (χ3n) is 2.98. The molecule has 1 fully saturated rings. The van der Waals surface area contributed by atoms with E-state index < -0.39 is 29.9 Å². The molecular weight excluding hydrogens is 268 g/mol. The van der Waals surface area contributed by atoms with E-state index in [-0.39, 0.29) is 25.2 Å². The molecule has 20 heavy (non-hydrogen) atoms. The lowest BCUT2D eigenvalue weighted by Crippen LogP contribution is -2.49. The Morgan fingerprint density at radius 1 is 1.35 bits per heavy atom. The molecule has 0 aromatic rings. The van der Waals surface area contributed by atoms with Gasteiger partial charge in [-0.05, 0) is 12.8 Å². The largest absolute Gasteiger partial charge is 0.469 e. The van der Waals surface area contributed by atoms with Gasteiger partial charge in [-0.3, -0.25) is 14.4 Å². The highest BCUT2D eigenvalue weighted by Gasteiger charge is 2.30. The first-order valence-electron chi connectivity index (χ1n) is 6.22.